The molecule has 0 radical (unpaired) electrons. The van der Waals surface area contributed by atoms with Crippen molar-refractivity contribution in [3.8, 4) is 0 Å². The summed E-state index contributed by atoms with van der Waals surface area (Å²) in [4.78, 5) is 0. The van der Waals surface area contributed by atoms with E-state index in [2.05, 4.69) is 20.8 Å². The van der Waals surface area contributed by atoms with E-state index < -0.39 is 0 Å². The molecule has 1 aromatic heterocycles. The van der Waals surface area contributed by atoms with Crippen LogP contribution in [0.2, 0.25) is 0 Å². The van der Waals surface area contributed by atoms with Gasteiger partial charge in [-0.1, -0.05) is 31.3 Å². The molecule has 90 valence electrons. The minimum Gasteiger partial charge on any atom is -0.407 e. The van der Waals surface area contributed by atoms with Gasteiger partial charge in [-0.15, -0.1) is 5.10 Å². The van der Waals surface area contributed by atoms with Gasteiger partial charge in [0.25, 0.3) is 0 Å². The quantitative estimate of drug-likeness (QED) is 0.739. The van der Waals surface area contributed by atoms with Crippen LogP contribution in [0, 0.1) is 5.92 Å². The van der Waals surface area contributed by atoms with Crippen LogP contribution in [0.15, 0.2) is 4.42 Å². The number of nitrogens with one attached hydrogen (secondary N) is 2. The molecule has 5 nitrogen and oxygen atoms in total. The Morgan fingerprint density at radius 2 is 2.25 bits per heavy atom. The van der Waals surface area contributed by atoms with Crippen molar-refractivity contribution >= 4 is 6.01 Å². The van der Waals surface area contributed by atoms with Crippen molar-refractivity contribution in [3.05, 3.63) is 5.89 Å². The second kappa shape index (κ2) is 5.84. The molecule has 0 saturated heterocycles. The molecule has 5 heteroatoms. The molecule has 0 bridgehead atoms. The third-order valence-corrected chi connectivity index (χ3v) is 3.05. The maximum atomic E-state index is 5.42. The average molecular weight is 224 g/mol. The van der Waals surface area contributed by atoms with E-state index in [1.165, 1.54) is 25.7 Å². The lowest BCUT2D eigenvalue weighted by atomic mass is 9.83. The van der Waals surface area contributed by atoms with Crippen LogP contribution < -0.4 is 10.6 Å². The molecule has 1 heterocycles. The number of aromatic nitrogens is 2. The van der Waals surface area contributed by atoms with Gasteiger partial charge in [-0.25, -0.2) is 0 Å². The molecular weight excluding hydrogens is 204 g/mol. The van der Waals surface area contributed by atoms with E-state index in [0.29, 0.717) is 18.5 Å². The largest absolute Gasteiger partial charge is 0.407 e. The smallest absolute Gasteiger partial charge is 0.315 e. The van der Waals surface area contributed by atoms with E-state index in [1.54, 1.807) is 0 Å². The highest BCUT2D eigenvalue weighted by atomic mass is 16.4. The van der Waals surface area contributed by atoms with Crippen LogP contribution in [0.1, 0.15) is 38.5 Å². The number of hydrogen-bond acceptors (Lipinski definition) is 5. The fourth-order valence-corrected chi connectivity index (χ4v) is 1.79. The van der Waals surface area contributed by atoms with Crippen LogP contribution in [0.3, 0.4) is 0 Å². The standard InChI is InChI=1S/C11H20N4O/c1-2-12-8-10-14-15-11(16-10)13-7-6-9-4-3-5-9/h9,12H,2-8H2,1H3,(H,13,15). The molecule has 1 aliphatic carbocycles. The molecule has 1 aliphatic rings. The molecule has 0 aromatic carbocycles. The van der Waals surface area contributed by atoms with Crippen molar-refractivity contribution in [1.29, 1.82) is 0 Å². The minimum absolute atomic E-state index is 0.548. The minimum atomic E-state index is 0.548. The fourth-order valence-electron chi connectivity index (χ4n) is 1.79. The predicted octanol–water partition coefficient (Wildman–Crippen LogP) is 1.78. The molecule has 1 saturated carbocycles. The molecular formula is C11H20N4O. The normalized spacial score (nSPS) is 16.1. The predicted molar refractivity (Wildman–Crippen MR) is 62.1 cm³/mol. The number of nitrogens with zero attached hydrogens (tertiary/aromatic N) is 2. The molecule has 1 aromatic rings. The monoisotopic (exact) mass is 224 g/mol. The van der Waals surface area contributed by atoms with Gasteiger partial charge in [-0.05, 0) is 18.9 Å². The van der Waals surface area contributed by atoms with Crippen molar-refractivity contribution in [1.82, 2.24) is 15.5 Å². The summed E-state index contributed by atoms with van der Waals surface area (Å²) in [5.41, 5.74) is 0. The lowest BCUT2D eigenvalue weighted by Gasteiger charge is -2.24. The highest BCUT2D eigenvalue weighted by Gasteiger charge is 2.16. The maximum absolute atomic E-state index is 5.42. The topological polar surface area (TPSA) is 63.0 Å². The van der Waals surface area contributed by atoms with Gasteiger partial charge in [-0.3, -0.25) is 0 Å². The lowest BCUT2D eigenvalue weighted by Crippen LogP contribution is -2.15. The van der Waals surface area contributed by atoms with Crippen molar-refractivity contribution < 1.29 is 4.42 Å². The van der Waals surface area contributed by atoms with E-state index in [-0.39, 0.29) is 0 Å². The Hall–Kier alpha value is -1.10. The first kappa shape index (κ1) is 11.4. The summed E-state index contributed by atoms with van der Waals surface area (Å²) in [7, 11) is 0. The Kier molecular flexibility index (Phi) is 4.16. The van der Waals surface area contributed by atoms with Gasteiger partial charge in [-0.2, -0.15) is 0 Å². The average Bonchev–Trinajstić information content (AvgIpc) is 2.67. The zero-order valence-corrected chi connectivity index (χ0v) is 9.83. The van der Waals surface area contributed by atoms with Crippen LogP contribution >= 0.6 is 0 Å². The van der Waals surface area contributed by atoms with Gasteiger partial charge in [0.2, 0.25) is 5.89 Å². The Morgan fingerprint density at radius 3 is 2.94 bits per heavy atom. The first-order valence-electron chi connectivity index (χ1n) is 6.15. The van der Waals surface area contributed by atoms with Gasteiger partial charge in [0.1, 0.15) is 0 Å². The van der Waals surface area contributed by atoms with E-state index in [1.807, 2.05) is 6.92 Å². The first-order chi connectivity index (χ1) is 7.88. The number of hydrogen-bond donors (Lipinski definition) is 2. The number of rotatable bonds is 7. The summed E-state index contributed by atoms with van der Waals surface area (Å²) in [6, 6.07) is 0.548. The van der Waals surface area contributed by atoms with E-state index in [4.69, 9.17) is 4.42 Å². The van der Waals surface area contributed by atoms with Crippen LogP contribution in [-0.2, 0) is 6.54 Å². The van der Waals surface area contributed by atoms with Crippen LogP contribution in [0.25, 0.3) is 0 Å². The summed E-state index contributed by atoms with van der Waals surface area (Å²) >= 11 is 0. The van der Waals surface area contributed by atoms with Crippen LogP contribution in [-0.4, -0.2) is 23.3 Å². The molecule has 0 spiro atoms. The zero-order valence-electron chi connectivity index (χ0n) is 9.83. The van der Waals surface area contributed by atoms with Gasteiger partial charge in [0, 0.05) is 6.54 Å². The zero-order chi connectivity index (χ0) is 11.2. The Bertz CT molecular complexity index is 309. The first-order valence-corrected chi connectivity index (χ1v) is 6.15. The van der Waals surface area contributed by atoms with Crippen LogP contribution in [0.4, 0.5) is 6.01 Å². The van der Waals surface area contributed by atoms with Crippen molar-refractivity contribution in [2.45, 2.75) is 39.2 Å². The SMILES string of the molecule is CCNCc1nnc(NCCC2CCC2)o1. The van der Waals surface area contributed by atoms with Crippen molar-refractivity contribution in [2.75, 3.05) is 18.4 Å². The molecule has 0 aliphatic heterocycles. The third kappa shape index (κ3) is 3.20. The second-order valence-electron chi connectivity index (χ2n) is 4.29. The lowest BCUT2D eigenvalue weighted by molar-refractivity contribution is 0.302. The molecule has 0 atom stereocenters. The summed E-state index contributed by atoms with van der Waals surface area (Å²) in [5, 5.41) is 14.2. The molecule has 1 fully saturated rings. The molecule has 2 N–H and O–H groups in total. The van der Waals surface area contributed by atoms with E-state index in [0.717, 1.165) is 19.0 Å². The van der Waals surface area contributed by atoms with Gasteiger partial charge in [0.15, 0.2) is 0 Å². The Morgan fingerprint density at radius 1 is 1.38 bits per heavy atom. The van der Waals surface area contributed by atoms with E-state index >= 15 is 0 Å². The van der Waals surface area contributed by atoms with Gasteiger partial charge in [0.05, 0.1) is 6.54 Å². The summed E-state index contributed by atoms with van der Waals surface area (Å²) in [6.45, 7) is 4.54. The highest BCUT2D eigenvalue weighted by molar-refractivity contribution is 5.16. The molecule has 0 unspecified atom stereocenters. The maximum Gasteiger partial charge on any atom is 0.315 e. The molecule has 2 rings (SSSR count). The Labute approximate surface area is 96.0 Å². The highest BCUT2D eigenvalue weighted by Crippen LogP contribution is 2.29. The summed E-state index contributed by atoms with van der Waals surface area (Å²) in [5.74, 6) is 1.56. The Balaban J connectivity index is 1.65. The summed E-state index contributed by atoms with van der Waals surface area (Å²) in [6.07, 6.45) is 5.39. The van der Waals surface area contributed by atoms with Crippen molar-refractivity contribution in [2.24, 2.45) is 5.92 Å². The fraction of sp³-hybridized carbons (Fsp3) is 0.818. The van der Waals surface area contributed by atoms with Gasteiger partial charge >= 0.3 is 6.01 Å². The van der Waals surface area contributed by atoms with E-state index in [9.17, 15) is 0 Å². The van der Waals surface area contributed by atoms with Crippen LogP contribution in [0.5, 0.6) is 0 Å². The van der Waals surface area contributed by atoms with Crippen molar-refractivity contribution in [3.63, 3.8) is 0 Å². The number of anilines is 1. The molecule has 0 amide bonds. The van der Waals surface area contributed by atoms with Gasteiger partial charge < -0.3 is 15.1 Å². The summed E-state index contributed by atoms with van der Waals surface area (Å²) < 4.78 is 5.42. The third-order valence-electron chi connectivity index (χ3n) is 3.05. The second-order valence-corrected chi connectivity index (χ2v) is 4.29. The molecule has 16 heavy (non-hydrogen) atoms.